The molecule has 0 aliphatic carbocycles. The second kappa shape index (κ2) is 5.31. The van der Waals surface area contributed by atoms with E-state index < -0.39 is 0 Å². The van der Waals surface area contributed by atoms with Gasteiger partial charge in [0.05, 0.1) is 0 Å². The van der Waals surface area contributed by atoms with Crippen LogP contribution in [0.3, 0.4) is 0 Å². The third-order valence-corrected chi connectivity index (χ3v) is 2.09. The van der Waals surface area contributed by atoms with Crippen LogP contribution in [0.5, 0.6) is 0 Å². The Bertz CT molecular complexity index is 386. The highest BCUT2D eigenvalue weighted by molar-refractivity contribution is 5.93. The number of aromatic amines is 1. The van der Waals surface area contributed by atoms with E-state index >= 15 is 0 Å². The van der Waals surface area contributed by atoms with E-state index in [0.29, 0.717) is 13.1 Å². The van der Waals surface area contributed by atoms with Gasteiger partial charge in [-0.05, 0) is 19.2 Å². The van der Waals surface area contributed by atoms with Gasteiger partial charge in [-0.2, -0.15) is 0 Å². The van der Waals surface area contributed by atoms with Gasteiger partial charge < -0.3 is 15.2 Å². The van der Waals surface area contributed by atoms with E-state index in [9.17, 15) is 9.59 Å². The van der Waals surface area contributed by atoms with Crippen LogP contribution in [0, 0.1) is 0 Å². The molecule has 15 heavy (non-hydrogen) atoms. The highest BCUT2D eigenvalue weighted by atomic mass is 16.2. The molecule has 0 bridgehead atoms. The fraction of sp³-hybridized carbons (Fsp3) is 0.400. The van der Waals surface area contributed by atoms with Gasteiger partial charge in [0, 0.05) is 26.3 Å². The fourth-order valence-corrected chi connectivity index (χ4v) is 1.18. The van der Waals surface area contributed by atoms with Crippen molar-refractivity contribution in [1.29, 1.82) is 0 Å². The lowest BCUT2D eigenvalue weighted by molar-refractivity contribution is 0.0795. The first-order valence-corrected chi connectivity index (χ1v) is 4.74. The molecule has 2 N–H and O–H groups in total. The molecule has 0 aliphatic heterocycles. The Kier molecular flexibility index (Phi) is 4.05. The Morgan fingerprint density at radius 2 is 2.33 bits per heavy atom. The van der Waals surface area contributed by atoms with Crippen molar-refractivity contribution in [2.75, 3.05) is 27.2 Å². The molecule has 1 aromatic rings. The summed E-state index contributed by atoms with van der Waals surface area (Å²) < 4.78 is 0. The SMILES string of the molecule is CNCCN(C)C(=O)c1ccc[nH]c1=O. The quantitative estimate of drug-likeness (QED) is 0.713. The van der Waals surface area contributed by atoms with Gasteiger partial charge in [0.25, 0.3) is 11.5 Å². The van der Waals surface area contributed by atoms with Gasteiger partial charge in [0.1, 0.15) is 5.56 Å². The number of rotatable bonds is 4. The molecule has 1 rings (SSSR count). The van der Waals surface area contributed by atoms with Crippen molar-refractivity contribution >= 4 is 5.91 Å². The van der Waals surface area contributed by atoms with Gasteiger partial charge >= 0.3 is 0 Å². The molecule has 0 aliphatic rings. The number of nitrogens with zero attached hydrogens (tertiary/aromatic N) is 1. The maximum atomic E-state index is 11.7. The molecule has 1 heterocycles. The number of carbonyl (C=O) groups excluding carboxylic acids is 1. The smallest absolute Gasteiger partial charge is 0.260 e. The van der Waals surface area contributed by atoms with E-state index in [0.717, 1.165) is 0 Å². The summed E-state index contributed by atoms with van der Waals surface area (Å²) in [7, 11) is 3.49. The Morgan fingerprint density at radius 1 is 1.60 bits per heavy atom. The summed E-state index contributed by atoms with van der Waals surface area (Å²) in [6, 6.07) is 3.16. The van der Waals surface area contributed by atoms with Crippen molar-refractivity contribution in [3.63, 3.8) is 0 Å². The maximum Gasteiger partial charge on any atom is 0.260 e. The van der Waals surface area contributed by atoms with E-state index in [4.69, 9.17) is 0 Å². The largest absolute Gasteiger partial charge is 0.340 e. The van der Waals surface area contributed by atoms with Crippen molar-refractivity contribution in [3.8, 4) is 0 Å². The van der Waals surface area contributed by atoms with E-state index in [2.05, 4.69) is 10.3 Å². The molecule has 0 saturated carbocycles. The third-order valence-electron chi connectivity index (χ3n) is 2.09. The molecule has 82 valence electrons. The summed E-state index contributed by atoms with van der Waals surface area (Å²) in [4.78, 5) is 27.1. The number of carbonyl (C=O) groups is 1. The molecule has 0 spiro atoms. The van der Waals surface area contributed by atoms with Crippen molar-refractivity contribution in [2.24, 2.45) is 0 Å². The number of H-pyrrole nitrogens is 1. The van der Waals surface area contributed by atoms with Crippen LogP contribution >= 0.6 is 0 Å². The monoisotopic (exact) mass is 209 g/mol. The van der Waals surface area contributed by atoms with Gasteiger partial charge in [0.2, 0.25) is 0 Å². The molecule has 0 radical (unpaired) electrons. The number of hydrogen-bond donors (Lipinski definition) is 2. The highest BCUT2D eigenvalue weighted by Crippen LogP contribution is 1.95. The summed E-state index contributed by atoms with van der Waals surface area (Å²) >= 11 is 0. The van der Waals surface area contributed by atoms with Gasteiger partial charge in [-0.25, -0.2) is 0 Å². The average Bonchev–Trinajstić information content (AvgIpc) is 2.25. The predicted molar refractivity (Wildman–Crippen MR) is 57.9 cm³/mol. The Morgan fingerprint density at radius 3 is 2.93 bits per heavy atom. The van der Waals surface area contributed by atoms with Gasteiger partial charge in [-0.1, -0.05) is 0 Å². The summed E-state index contributed by atoms with van der Waals surface area (Å²) in [6.07, 6.45) is 1.51. The van der Waals surface area contributed by atoms with Crippen LogP contribution in [0.2, 0.25) is 0 Å². The Labute approximate surface area is 88.1 Å². The lowest BCUT2D eigenvalue weighted by Crippen LogP contribution is -2.35. The first-order valence-electron chi connectivity index (χ1n) is 4.74. The van der Waals surface area contributed by atoms with Crippen LogP contribution in [-0.2, 0) is 0 Å². The second-order valence-corrected chi connectivity index (χ2v) is 3.24. The minimum absolute atomic E-state index is 0.177. The molecule has 0 aromatic carbocycles. The maximum absolute atomic E-state index is 11.7. The van der Waals surface area contributed by atoms with Crippen LogP contribution in [0.4, 0.5) is 0 Å². The van der Waals surface area contributed by atoms with Gasteiger partial charge in [-0.15, -0.1) is 0 Å². The topological polar surface area (TPSA) is 65.2 Å². The van der Waals surface area contributed by atoms with E-state index in [1.807, 2.05) is 7.05 Å². The van der Waals surface area contributed by atoms with E-state index in [1.54, 1.807) is 13.1 Å². The summed E-state index contributed by atoms with van der Waals surface area (Å²) in [6.45, 7) is 1.27. The highest BCUT2D eigenvalue weighted by Gasteiger charge is 2.13. The molecule has 0 unspecified atom stereocenters. The lowest BCUT2D eigenvalue weighted by Gasteiger charge is -2.16. The average molecular weight is 209 g/mol. The number of pyridine rings is 1. The summed E-state index contributed by atoms with van der Waals surface area (Å²) in [5.41, 5.74) is -0.171. The van der Waals surface area contributed by atoms with E-state index in [1.165, 1.54) is 17.2 Å². The molecule has 0 atom stereocenters. The Hall–Kier alpha value is -1.62. The zero-order valence-corrected chi connectivity index (χ0v) is 8.91. The molecular weight excluding hydrogens is 194 g/mol. The number of hydrogen-bond acceptors (Lipinski definition) is 3. The van der Waals surface area contributed by atoms with E-state index in [-0.39, 0.29) is 17.0 Å². The lowest BCUT2D eigenvalue weighted by atomic mass is 10.2. The van der Waals surface area contributed by atoms with Crippen molar-refractivity contribution in [1.82, 2.24) is 15.2 Å². The van der Waals surface area contributed by atoms with Crippen LogP contribution in [0.15, 0.2) is 23.1 Å². The van der Waals surface area contributed by atoms with Crippen molar-refractivity contribution in [3.05, 3.63) is 34.2 Å². The predicted octanol–water partition coefficient (Wildman–Crippen LogP) is -0.334. The molecule has 1 amide bonds. The summed E-state index contributed by atoms with van der Waals surface area (Å²) in [5.74, 6) is -0.257. The first kappa shape index (κ1) is 11.5. The molecule has 5 nitrogen and oxygen atoms in total. The fourth-order valence-electron chi connectivity index (χ4n) is 1.18. The minimum atomic E-state index is -0.348. The van der Waals surface area contributed by atoms with Gasteiger partial charge in [-0.3, -0.25) is 9.59 Å². The zero-order valence-electron chi connectivity index (χ0n) is 8.91. The number of likely N-dealkylation sites (N-methyl/N-ethyl adjacent to an activating group) is 2. The number of nitrogens with one attached hydrogen (secondary N) is 2. The molecular formula is C10H15N3O2. The van der Waals surface area contributed by atoms with Crippen LogP contribution in [0.1, 0.15) is 10.4 Å². The van der Waals surface area contributed by atoms with Crippen LogP contribution < -0.4 is 10.9 Å². The van der Waals surface area contributed by atoms with Crippen molar-refractivity contribution < 1.29 is 4.79 Å². The minimum Gasteiger partial charge on any atom is -0.340 e. The number of aromatic nitrogens is 1. The summed E-state index contributed by atoms with van der Waals surface area (Å²) in [5, 5.41) is 2.94. The third kappa shape index (κ3) is 2.92. The Balaban J connectivity index is 2.77. The van der Waals surface area contributed by atoms with Crippen LogP contribution in [0.25, 0.3) is 0 Å². The zero-order chi connectivity index (χ0) is 11.3. The molecule has 0 fully saturated rings. The normalized spacial score (nSPS) is 10.0. The number of amides is 1. The van der Waals surface area contributed by atoms with Crippen molar-refractivity contribution in [2.45, 2.75) is 0 Å². The molecule has 0 saturated heterocycles. The second-order valence-electron chi connectivity index (χ2n) is 3.24. The standard InChI is InChI=1S/C10H15N3O2/c1-11-6-7-13(2)10(15)8-4-3-5-12-9(8)14/h3-5,11H,6-7H2,1-2H3,(H,12,14). The van der Waals surface area contributed by atoms with Crippen LogP contribution in [-0.4, -0.2) is 43.0 Å². The first-order chi connectivity index (χ1) is 7.16. The van der Waals surface area contributed by atoms with Gasteiger partial charge in [0.15, 0.2) is 0 Å². The molecule has 1 aromatic heterocycles. The molecule has 5 heteroatoms.